The summed E-state index contributed by atoms with van der Waals surface area (Å²) in [5.74, 6) is 6.52. The molecule has 2 heterocycles. The molecule has 5 aliphatic rings. The van der Waals surface area contributed by atoms with E-state index in [9.17, 15) is 4.79 Å². The van der Waals surface area contributed by atoms with Crippen LogP contribution in [-0.2, 0) is 9.47 Å². The van der Waals surface area contributed by atoms with Crippen LogP contribution in [-0.4, -0.2) is 31.6 Å². The highest BCUT2D eigenvalue weighted by Crippen LogP contribution is 2.67. The summed E-state index contributed by atoms with van der Waals surface area (Å²) in [4.78, 5) is 12.6. The molecule has 4 aliphatic carbocycles. The summed E-state index contributed by atoms with van der Waals surface area (Å²) < 4.78 is 22.9. The second-order valence-corrected chi connectivity index (χ2v) is 15.7. The van der Waals surface area contributed by atoms with Gasteiger partial charge in [0.05, 0.1) is 0 Å². The van der Waals surface area contributed by atoms with Crippen molar-refractivity contribution in [2.45, 2.75) is 117 Å². The minimum absolute atomic E-state index is 0.0956. The van der Waals surface area contributed by atoms with Crippen molar-refractivity contribution < 1.29 is 23.7 Å². The van der Waals surface area contributed by atoms with E-state index in [1.807, 2.05) is 10.8 Å². The average molecular weight is 585 g/mol. The molecule has 0 N–H and O–H groups in total. The summed E-state index contributed by atoms with van der Waals surface area (Å²) in [5, 5.41) is 3.83. The third-order valence-corrected chi connectivity index (χ3v) is 12.9. The van der Waals surface area contributed by atoms with Crippen LogP contribution in [0.4, 0.5) is 4.79 Å². The van der Waals surface area contributed by atoms with E-state index in [2.05, 4.69) is 40.7 Å². The minimum atomic E-state index is -0.583. The van der Waals surface area contributed by atoms with Crippen molar-refractivity contribution in [1.29, 1.82) is 0 Å². The molecule has 6 rings (SSSR count). The summed E-state index contributed by atoms with van der Waals surface area (Å²) in [6.07, 6.45) is 15.5. The van der Waals surface area contributed by atoms with Gasteiger partial charge in [-0.1, -0.05) is 65.5 Å². The molecule has 5 nitrogen and oxygen atoms in total. The molecule has 228 valence electrons. The molecule has 1 aromatic rings. The fourth-order valence-corrected chi connectivity index (χ4v) is 10.7. The van der Waals surface area contributed by atoms with Gasteiger partial charge in [0.15, 0.2) is 17.6 Å². The van der Waals surface area contributed by atoms with Crippen molar-refractivity contribution in [2.75, 3.05) is 13.2 Å². The lowest BCUT2D eigenvalue weighted by molar-refractivity contribution is -0.0636. The standard InChI is InChI=1S/C35H52O5S/c1-22(2)7-6-8-23(3)28-11-12-29-27-10-9-24-17-25(13-15-34(24,4)30(27)14-16-35(28,29)5)40-33(36)38-19-26-18-37-31-20-41-21-32(31)39-26/h9,20-23,25-30H,6-8,10-19H2,1-5H3/t23-,25+,26?,27?,28-,29?,30?,34+,35-/m1/s1. The summed E-state index contributed by atoms with van der Waals surface area (Å²) in [5.41, 5.74) is 2.31. The zero-order valence-corrected chi connectivity index (χ0v) is 26.8. The van der Waals surface area contributed by atoms with Gasteiger partial charge in [0.2, 0.25) is 0 Å². The second-order valence-electron chi connectivity index (χ2n) is 15.0. The highest BCUT2D eigenvalue weighted by molar-refractivity contribution is 7.08. The van der Waals surface area contributed by atoms with Crippen molar-refractivity contribution in [3.8, 4) is 11.5 Å². The Kier molecular flexibility index (Phi) is 8.44. The molecule has 41 heavy (non-hydrogen) atoms. The van der Waals surface area contributed by atoms with E-state index in [1.165, 1.54) is 56.9 Å². The Labute approximate surface area is 251 Å². The number of carbonyl (C=O) groups is 1. The number of carbonyl (C=O) groups excluding carboxylic acids is 1. The molecule has 6 heteroatoms. The van der Waals surface area contributed by atoms with Crippen LogP contribution >= 0.6 is 11.3 Å². The van der Waals surface area contributed by atoms with E-state index in [4.69, 9.17) is 18.9 Å². The Balaban J connectivity index is 1.03. The number of thiophene rings is 1. The first kappa shape index (κ1) is 29.4. The fraction of sp³-hybridized carbons (Fsp3) is 0.800. The monoisotopic (exact) mass is 584 g/mol. The van der Waals surface area contributed by atoms with Crippen molar-refractivity contribution in [1.82, 2.24) is 0 Å². The highest BCUT2D eigenvalue weighted by atomic mass is 32.1. The molecule has 0 bridgehead atoms. The third-order valence-electron chi connectivity index (χ3n) is 12.2. The fourth-order valence-electron chi connectivity index (χ4n) is 10.0. The van der Waals surface area contributed by atoms with E-state index in [0.29, 0.717) is 12.0 Å². The molecule has 0 spiro atoms. The lowest BCUT2D eigenvalue weighted by Gasteiger charge is -2.58. The van der Waals surface area contributed by atoms with Gasteiger partial charge in [0.1, 0.15) is 19.3 Å². The molecule has 4 unspecified atom stereocenters. The first-order valence-corrected chi connectivity index (χ1v) is 17.5. The number of allylic oxidation sites excluding steroid dienone is 1. The number of hydrogen-bond donors (Lipinski definition) is 0. The molecule has 1 aliphatic heterocycles. The van der Waals surface area contributed by atoms with Gasteiger partial charge < -0.3 is 18.9 Å². The van der Waals surface area contributed by atoms with Gasteiger partial charge in [-0.15, -0.1) is 11.3 Å². The smallest absolute Gasteiger partial charge is 0.485 e. The second kappa shape index (κ2) is 11.8. The normalized spacial score (nSPS) is 38.3. The van der Waals surface area contributed by atoms with Gasteiger partial charge in [-0.3, -0.25) is 0 Å². The largest absolute Gasteiger partial charge is 0.508 e. The predicted octanol–water partition coefficient (Wildman–Crippen LogP) is 9.45. The van der Waals surface area contributed by atoms with Crippen LogP contribution in [0.2, 0.25) is 0 Å². The average Bonchev–Trinajstić information content (AvgIpc) is 3.55. The van der Waals surface area contributed by atoms with Gasteiger partial charge in [-0.05, 0) is 91.3 Å². The summed E-state index contributed by atoms with van der Waals surface area (Å²) in [6.45, 7) is 13.0. The van der Waals surface area contributed by atoms with Crippen molar-refractivity contribution in [3.05, 3.63) is 22.4 Å². The molecule has 9 atom stereocenters. The Bertz CT molecular complexity index is 1110. The lowest BCUT2D eigenvalue weighted by atomic mass is 9.47. The van der Waals surface area contributed by atoms with Gasteiger partial charge in [-0.25, -0.2) is 4.79 Å². The van der Waals surface area contributed by atoms with Crippen molar-refractivity contribution >= 4 is 17.5 Å². The maximum absolute atomic E-state index is 12.6. The summed E-state index contributed by atoms with van der Waals surface area (Å²) in [6, 6.07) is 0. The first-order valence-electron chi connectivity index (χ1n) is 16.6. The Morgan fingerprint density at radius 3 is 2.71 bits per heavy atom. The Morgan fingerprint density at radius 2 is 1.88 bits per heavy atom. The van der Waals surface area contributed by atoms with Crippen LogP contribution in [0.15, 0.2) is 22.4 Å². The molecule has 1 aromatic heterocycles. The van der Waals surface area contributed by atoms with Crippen LogP contribution in [0.3, 0.4) is 0 Å². The van der Waals surface area contributed by atoms with Gasteiger partial charge in [-0.2, -0.15) is 0 Å². The number of rotatable bonds is 8. The maximum atomic E-state index is 12.6. The van der Waals surface area contributed by atoms with E-state index in [0.717, 1.165) is 66.3 Å². The van der Waals surface area contributed by atoms with Crippen LogP contribution in [0, 0.1) is 46.3 Å². The molecule has 0 aromatic carbocycles. The zero-order chi connectivity index (χ0) is 28.8. The van der Waals surface area contributed by atoms with Crippen molar-refractivity contribution in [2.24, 2.45) is 46.3 Å². The van der Waals surface area contributed by atoms with E-state index in [-0.39, 0.29) is 24.2 Å². The van der Waals surface area contributed by atoms with Crippen LogP contribution < -0.4 is 9.47 Å². The van der Waals surface area contributed by atoms with Gasteiger partial charge >= 0.3 is 6.16 Å². The topological polar surface area (TPSA) is 54.0 Å². The predicted molar refractivity (Wildman–Crippen MR) is 163 cm³/mol. The number of fused-ring (bicyclic) bond motifs is 6. The zero-order valence-electron chi connectivity index (χ0n) is 26.0. The minimum Gasteiger partial charge on any atom is -0.485 e. The van der Waals surface area contributed by atoms with E-state index >= 15 is 0 Å². The Morgan fingerprint density at radius 1 is 1.05 bits per heavy atom. The van der Waals surface area contributed by atoms with E-state index < -0.39 is 6.16 Å². The van der Waals surface area contributed by atoms with Crippen molar-refractivity contribution in [3.63, 3.8) is 0 Å². The summed E-state index contributed by atoms with van der Waals surface area (Å²) in [7, 11) is 0. The molecule has 0 radical (unpaired) electrons. The van der Waals surface area contributed by atoms with Gasteiger partial charge in [0.25, 0.3) is 0 Å². The highest BCUT2D eigenvalue weighted by Gasteiger charge is 2.59. The van der Waals surface area contributed by atoms with Crippen LogP contribution in [0.1, 0.15) is 105 Å². The SMILES string of the molecule is CC(C)CCC[C@@H](C)[C@H]1CCC2C3CC=C4C[C@@H](OC(=O)OCC5COc6cscc6O5)CC[C@]4(C)C3CC[C@@]21C. The molecule has 0 saturated heterocycles. The molecular weight excluding hydrogens is 532 g/mol. The van der Waals surface area contributed by atoms with Crippen LogP contribution in [0.25, 0.3) is 0 Å². The van der Waals surface area contributed by atoms with Crippen LogP contribution in [0.5, 0.6) is 11.5 Å². The quantitative estimate of drug-likeness (QED) is 0.225. The van der Waals surface area contributed by atoms with Gasteiger partial charge in [0, 0.05) is 17.2 Å². The lowest BCUT2D eigenvalue weighted by Crippen LogP contribution is -2.51. The summed E-state index contributed by atoms with van der Waals surface area (Å²) >= 11 is 1.54. The molecule has 3 fully saturated rings. The molecular formula is C35H52O5S. The van der Waals surface area contributed by atoms with E-state index in [1.54, 1.807) is 11.3 Å². The Hall–Kier alpha value is -1.69. The molecule has 3 saturated carbocycles. The number of hydrogen-bond acceptors (Lipinski definition) is 6. The molecule has 0 amide bonds. The first-order chi connectivity index (χ1) is 19.7. The maximum Gasteiger partial charge on any atom is 0.508 e. The third kappa shape index (κ3) is 5.68. The number of ether oxygens (including phenoxy) is 4.